The largest absolute Gasteiger partial charge is 0.492 e. The minimum Gasteiger partial charge on any atom is -0.492 e. The molecule has 6 heteroatoms. The fourth-order valence-electron chi connectivity index (χ4n) is 3.30. The normalized spacial score (nSPS) is 21.4. The number of nitrogens with zero attached hydrogens (tertiary/aromatic N) is 3. The zero-order valence-electron chi connectivity index (χ0n) is 13.4. The molecule has 24 heavy (non-hydrogen) atoms. The Labute approximate surface area is 140 Å². The molecule has 124 valence electrons. The number of likely N-dealkylation sites (tertiary alicyclic amines) is 1. The number of ether oxygens (including phenoxy) is 1. The number of benzene rings is 2. The first-order chi connectivity index (χ1) is 11.7. The van der Waals surface area contributed by atoms with E-state index in [-0.39, 0.29) is 0 Å². The third-order valence-corrected chi connectivity index (χ3v) is 4.63. The lowest BCUT2D eigenvalue weighted by molar-refractivity contribution is 0.0404. The van der Waals surface area contributed by atoms with E-state index in [2.05, 4.69) is 38.5 Å². The van der Waals surface area contributed by atoms with Gasteiger partial charge in [0.1, 0.15) is 23.7 Å². The average molecular weight is 324 g/mol. The van der Waals surface area contributed by atoms with Gasteiger partial charge in [0.15, 0.2) is 0 Å². The minimum atomic E-state index is -0.910. The van der Waals surface area contributed by atoms with Crippen molar-refractivity contribution in [1.29, 1.82) is 0 Å². The molecule has 0 amide bonds. The molecule has 1 aliphatic rings. The highest BCUT2D eigenvalue weighted by Crippen LogP contribution is 2.30. The summed E-state index contributed by atoms with van der Waals surface area (Å²) in [7, 11) is 0. The summed E-state index contributed by atoms with van der Waals surface area (Å²) in [5, 5.41) is 23.4. The van der Waals surface area contributed by atoms with Crippen LogP contribution < -0.4 is 4.74 Å². The van der Waals surface area contributed by atoms with Gasteiger partial charge in [-0.2, -0.15) is 15.4 Å². The van der Waals surface area contributed by atoms with E-state index in [0.29, 0.717) is 25.3 Å². The number of nitrogens with one attached hydrogen (secondary N) is 1. The van der Waals surface area contributed by atoms with Crippen LogP contribution >= 0.6 is 0 Å². The number of β-amino-alcohol motifs (C(OH)–C–C–N with tert-alkyl or cyclic N) is 1. The van der Waals surface area contributed by atoms with Gasteiger partial charge in [-0.3, -0.25) is 4.90 Å². The number of aliphatic hydroxyl groups is 1. The van der Waals surface area contributed by atoms with Gasteiger partial charge < -0.3 is 9.84 Å². The van der Waals surface area contributed by atoms with E-state index in [0.717, 1.165) is 24.2 Å². The summed E-state index contributed by atoms with van der Waals surface area (Å²) < 4.78 is 5.98. The van der Waals surface area contributed by atoms with Gasteiger partial charge in [-0.05, 0) is 17.9 Å². The Morgan fingerprint density at radius 3 is 2.96 bits per heavy atom. The molecular formula is C18H20N4O2. The van der Waals surface area contributed by atoms with E-state index in [4.69, 9.17) is 4.74 Å². The van der Waals surface area contributed by atoms with Crippen LogP contribution in [0.3, 0.4) is 0 Å². The summed E-state index contributed by atoms with van der Waals surface area (Å²) in [5.41, 5.74) is -0.299. The summed E-state index contributed by atoms with van der Waals surface area (Å²) in [6, 6.07) is 14.3. The first-order valence-electron chi connectivity index (χ1n) is 8.16. The molecule has 1 saturated heterocycles. The molecule has 4 rings (SSSR count). The van der Waals surface area contributed by atoms with Crippen LogP contribution in [0.2, 0.25) is 0 Å². The Morgan fingerprint density at radius 1 is 1.21 bits per heavy atom. The summed E-state index contributed by atoms with van der Waals surface area (Å²) in [4.78, 5) is 2.19. The molecule has 0 aliphatic carbocycles. The fourth-order valence-corrected chi connectivity index (χ4v) is 3.30. The van der Waals surface area contributed by atoms with E-state index < -0.39 is 5.60 Å². The standard InChI is InChI=1S/C18H20N4O2/c23-18(17-12-19-21-20-17)8-9-22(13-18)10-11-24-16-7-3-5-14-4-1-2-6-15(14)16/h1-7,12,23H,8-11,13H2,(H,19,20,21). The van der Waals surface area contributed by atoms with Crippen LogP contribution in [0.5, 0.6) is 5.75 Å². The van der Waals surface area contributed by atoms with Crippen LogP contribution in [0.1, 0.15) is 12.1 Å². The van der Waals surface area contributed by atoms with Crippen molar-refractivity contribution in [3.8, 4) is 5.75 Å². The first-order valence-corrected chi connectivity index (χ1v) is 8.16. The first kappa shape index (κ1) is 15.1. The fraction of sp³-hybridized carbons (Fsp3) is 0.333. The number of fused-ring (bicyclic) bond motifs is 1. The molecular weight excluding hydrogens is 304 g/mol. The van der Waals surface area contributed by atoms with Gasteiger partial charge in [0.2, 0.25) is 0 Å². The Balaban J connectivity index is 1.36. The van der Waals surface area contributed by atoms with Crippen molar-refractivity contribution in [2.45, 2.75) is 12.0 Å². The molecule has 2 aromatic carbocycles. The van der Waals surface area contributed by atoms with Crippen molar-refractivity contribution in [2.24, 2.45) is 0 Å². The Hall–Kier alpha value is -2.44. The van der Waals surface area contributed by atoms with Crippen molar-refractivity contribution in [3.63, 3.8) is 0 Å². The second kappa shape index (κ2) is 6.22. The summed E-state index contributed by atoms with van der Waals surface area (Å²) in [5.74, 6) is 0.902. The summed E-state index contributed by atoms with van der Waals surface area (Å²) in [6.45, 7) is 2.73. The third-order valence-electron chi connectivity index (χ3n) is 4.63. The molecule has 0 spiro atoms. The predicted molar refractivity (Wildman–Crippen MR) is 90.8 cm³/mol. The van der Waals surface area contributed by atoms with Gasteiger partial charge in [0, 0.05) is 25.0 Å². The van der Waals surface area contributed by atoms with Crippen molar-refractivity contribution in [1.82, 2.24) is 20.3 Å². The highest BCUT2D eigenvalue weighted by atomic mass is 16.5. The maximum absolute atomic E-state index is 10.7. The van der Waals surface area contributed by atoms with Gasteiger partial charge in [-0.25, -0.2) is 0 Å². The number of rotatable bonds is 5. The van der Waals surface area contributed by atoms with Gasteiger partial charge in [0.05, 0.1) is 6.20 Å². The van der Waals surface area contributed by atoms with E-state index in [1.807, 2.05) is 24.3 Å². The minimum absolute atomic E-state index is 0.554. The van der Waals surface area contributed by atoms with Gasteiger partial charge in [-0.1, -0.05) is 36.4 Å². The molecule has 0 radical (unpaired) electrons. The molecule has 2 heterocycles. The van der Waals surface area contributed by atoms with Gasteiger partial charge in [-0.15, -0.1) is 0 Å². The molecule has 6 nitrogen and oxygen atoms in total. The molecule has 0 saturated carbocycles. The zero-order valence-corrected chi connectivity index (χ0v) is 13.4. The predicted octanol–water partition coefficient (Wildman–Crippen LogP) is 1.93. The van der Waals surface area contributed by atoms with Crippen molar-refractivity contribution in [3.05, 3.63) is 54.4 Å². The molecule has 1 fully saturated rings. The topological polar surface area (TPSA) is 74.3 Å². The van der Waals surface area contributed by atoms with Gasteiger partial charge >= 0.3 is 0 Å². The Bertz CT molecular complexity index is 816. The second-order valence-corrected chi connectivity index (χ2v) is 6.24. The van der Waals surface area contributed by atoms with Crippen molar-refractivity contribution in [2.75, 3.05) is 26.2 Å². The van der Waals surface area contributed by atoms with Crippen LogP contribution in [-0.4, -0.2) is 51.7 Å². The lowest BCUT2D eigenvalue weighted by atomic mass is 10.0. The number of hydrogen-bond donors (Lipinski definition) is 2. The quantitative estimate of drug-likeness (QED) is 0.750. The van der Waals surface area contributed by atoms with Crippen LogP contribution in [0.4, 0.5) is 0 Å². The average Bonchev–Trinajstić information content (AvgIpc) is 3.26. The van der Waals surface area contributed by atoms with Crippen LogP contribution in [-0.2, 0) is 5.60 Å². The van der Waals surface area contributed by atoms with Crippen LogP contribution in [0, 0.1) is 0 Å². The third kappa shape index (κ3) is 2.86. The van der Waals surface area contributed by atoms with E-state index in [1.54, 1.807) is 6.20 Å². The monoisotopic (exact) mass is 324 g/mol. The number of aromatic amines is 1. The Kier molecular flexibility index (Phi) is 3.92. The highest BCUT2D eigenvalue weighted by molar-refractivity contribution is 5.88. The maximum atomic E-state index is 10.7. The Morgan fingerprint density at radius 2 is 2.08 bits per heavy atom. The lowest BCUT2D eigenvalue weighted by Gasteiger charge is -2.21. The highest BCUT2D eigenvalue weighted by Gasteiger charge is 2.39. The molecule has 1 atom stereocenters. The molecule has 1 aromatic heterocycles. The number of hydrogen-bond acceptors (Lipinski definition) is 5. The van der Waals surface area contributed by atoms with Crippen LogP contribution in [0.15, 0.2) is 48.7 Å². The second-order valence-electron chi connectivity index (χ2n) is 6.24. The SMILES string of the molecule is OC1(c2cn[nH]n2)CCN(CCOc2cccc3ccccc23)C1. The smallest absolute Gasteiger partial charge is 0.127 e. The van der Waals surface area contributed by atoms with Gasteiger partial charge in [0.25, 0.3) is 0 Å². The molecule has 1 unspecified atom stereocenters. The molecule has 1 aliphatic heterocycles. The van der Waals surface area contributed by atoms with Crippen molar-refractivity contribution < 1.29 is 9.84 Å². The van der Waals surface area contributed by atoms with E-state index in [1.165, 1.54) is 5.39 Å². The zero-order chi connectivity index (χ0) is 16.4. The maximum Gasteiger partial charge on any atom is 0.127 e. The summed E-state index contributed by atoms with van der Waals surface area (Å²) >= 11 is 0. The summed E-state index contributed by atoms with van der Waals surface area (Å²) in [6.07, 6.45) is 2.25. The van der Waals surface area contributed by atoms with Crippen LogP contribution in [0.25, 0.3) is 10.8 Å². The molecule has 2 N–H and O–H groups in total. The van der Waals surface area contributed by atoms with Crippen molar-refractivity contribution >= 4 is 10.8 Å². The lowest BCUT2D eigenvalue weighted by Crippen LogP contribution is -2.33. The molecule has 0 bridgehead atoms. The number of aromatic nitrogens is 3. The van der Waals surface area contributed by atoms with E-state index in [9.17, 15) is 5.11 Å². The number of H-pyrrole nitrogens is 1. The van der Waals surface area contributed by atoms with E-state index >= 15 is 0 Å². The molecule has 3 aromatic rings.